The molecule has 0 unspecified atom stereocenters. The van der Waals surface area contributed by atoms with E-state index in [-0.39, 0.29) is 5.91 Å². The van der Waals surface area contributed by atoms with Gasteiger partial charge in [0.15, 0.2) is 6.10 Å². The molecule has 0 aromatic heterocycles. The van der Waals surface area contributed by atoms with Crippen LogP contribution in [0.4, 0.5) is 0 Å². The van der Waals surface area contributed by atoms with Crippen molar-refractivity contribution in [2.45, 2.75) is 20.0 Å². The Morgan fingerprint density at radius 3 is 2.67 bits per heavy atom. The van der Waals surface area contributed by atoms with Gasteiger partial charge in [0, 0.05) is 10.6 Å². The summed E-state index contributed by atoms with van der Waals surface area (Å²) in [6.45, 7) is 4.11. The molecule has 0 aliphatic heterocycles. The van der Waals surface area contributed by atoms with Crippen LogP contribution in [0.3, 0.4) is 0 Å². The van der Waals surface area contributed by atoms with Crippen molar-refractivity contribution in [3.05, 3.63) is 59.1 Å². The van der Waals surface area contributed by atoms with Crippen LogP contribution in [0.2, 0.25) is 5.02 Å². The third-order valence-corrected chi connectivity index (χ3v) is 3.34. The highest BCUT2D eigenvalue weighted by Gasteiger charge is 2.13. The average Bonchev–Trinajstić information content (AvgIpc) is 2.58. The molecule has 0 aliphatic carbocycles. The number of benzene rings is 2. The maximum Gasteiger partial charge on any atom is 0.280 e. The van der Waals surface area contributed by atoms with E-state index < -0.39 is 6.10 Å². The number of halogens is 1. The topological polar surface area (TPSA) is 59.9 Å². The number of ether oxygens (including phenoxy) is 2. The van der Waals surface area contributed by atoms with E-state index in [2.05, 4.69) is 10.5 Å². The Morgan fingerprint density at radius 2 is 1.96 bits per heavy atom. The van der Waals surface area contributed by atoms with E-state index in [0.29, 0.717) is 23.1 Å². The number of para-hydroxylation sites is 1. The van der Waals surface area contributed by atoms with Gasteiger partial charge in [-0.05, 0) is 50.2 Å². The van der Waals surface area contributed by atoms with E-state index >= 15 is 0 Å². The molecular weight excluding hydrogens is 328 g/mol. The quantitative estimate of drug-likeness (QED) is 0.615. The second kappa shape index (κ2) is 8.93. The molecular formula is C18H19ClN2O3. The molecule has 0 radical (unpaired) electrons. The minimum atomic E-state index is -0.689. The van der Waals surface area contributed by atoms with Gasteiger partial charge in [0.1, 0.15) is 11.5 Å². The Bertz CT molecular complexity index is 702. The molecule has 0 saturated carbocycles. The molecule has 2 aromatic carbocycles. The molecule has 126 valence electrons. The van der Waals surface area contributed by atoms with Crippen LogP contribution in [0.15, 0.2) is 53.6 Å². The third kappa shape index (κ3) is 5.28. The first-order valence-corrected chi connectivity index (χ1v) is 7.95. The first kappa shape index (κ1) is 17.8. The fraction of sp³-hybridized carbons (Fsp3) is 0.222. The van der Waals surface area contributed by atoms with E-state index in [0.717, 1.165) is 5.56 Å². The summed E-state index contributed by atoms with van der Waals surface area (Å²) in [7, 11) is 0. The summed E-state index contributed by atoms with van der Waals surface area (Å²) in [4.78, 5) is 12.0. The zero-order chi connectivity index (χ0) is 17.4. The normalized spacial score (nSPS) is 12.0. The van der Waals surface area contributed by atoms with Crippen molar-refractivity contribution in [2.75, 3.05) is 6.61 Å². The van der Waals surface area contributed by atoms with Gasteiger partial charge in [-0.2, -0.15) is 5.10 Å². The number of rotatable bonds is 7. The number of nitrogens with zero attached hydrogens (tertiary/aromatic N) is 1. The van der Waals surface area contributed by atoms with Crippen molar-refractivity contribution >= 4 is 23.7 Å². The van der Waals surface area contributed by atoms with Gasteiger partial charge in [-0.25, -0.2) is 5.43 Å². The molecule has 0 spiro atoms. The van der Waals surface area contributed by atoms with E-state index in [1.54, 1.807) is 31.2 Å². The van der Waals surface area contributed by atoms with Crippen LogP contribution in [-0.2, 0) is 4.79 Å². The first-order chi connectivity index (χ1) is 11.6. The molecule has 2 rings (SSSR count). The van der Waals surface area contributed by atoms with E-state index in [1.165, 1.54) is 6.21 Å². The summed E-state index contributed by atoms with van der Waals surface area (Å²) in [5.74, 6) is 0.922. The largest absolute Gasteiger partial charge is 0.493 e. The molecule has 5 nitrogen and oxygen atoms in total. The molecule has 1 N–H and O–H groups in total. The monoisotopic (exact) mass is 346 g/mol. The lowest BCUT2D eigenvalue weighted by atomic mass is 10.2. The summed E-state index contributed by atoms with van der Waals surface area (Å²) < 4.78 is 11.0. The predicted molar refractivity (Wildman–Crippen MR) is 94.9 cm³/mol. The van der Waals surface area contributed by atoms with Gasteiger partial charge in [-0.3, -0.25) is 4.79 Å². The van der Waals surface area contributed by atoms with Crippen molar-refractivity contribution in [1.82, 2.24) is 5.43 Å². The number of carbonyl (C=O) groups is 1. The van der Waals surface area contributed by atoms with E-state index in [4.69, 9.17) is 21.1 Å². The van der Waals surface area contributed by atoms with Gasteiger partial charge in [0.25, 0.3) is 5.91 Å². The molecule has 0 heterocycles. The minimum absolute atomic E-state index is 0.352. The number of carbonyl (C=O) groups excluding carboxylic acids is 1. The lowest BCUT2D eigenvalue weighted by Crippen LogP contribution is -2.33. The number of amides is 1. The number of hydrogen-bond acceptors (Lipinski definition) is 4. The molecule has 2 aromatic rings. The van der Waals surface area contributed by atoms with Gasteiger partial charge >= 0.3 is 0 Å². The van der Waals surface area contributed by atoms with Crippen LogP contribution in [0.25, 0.3) is 0 Å². The second-order valence-corrected chi connectivity index (χ2v) is 5.36. The average molecular weight is 347 g/mol. The molecule has 1 amide bonds. The fourth-order valence-corrected chi connectivity index (χ4v) is 2.03. The molecule has 0 fully saturated rings. The summed E-state index contributed by atoms with van der Waals surface area (Å²) in [5, 5.41) is 4.56. The highest BCUT2D eigenvalue weighted by atomic mass is 35.5. The third-order valence-electron chi connectivity index (χ3n) is 3.09. The van der Waals surface area contributed by atoms with E-state index in [9.17, 15) is 4.79 Å². The maximum absolute atomic E-state index is 12.0. The van der Waals surface area contributed by atoms with Crippen molar-refractivity contribution in [3.8, 4) is 11.5 Å². The summed E-state index contributed by atoms with van der Waals surface area (Å²) in [6, 6.07) is 14.3. The van der Waals surface area contributed by atoms with Crippen molar-refractivity contribution in [1.29, 1.82) is 0 Å². The SMILES string of the molecule is CCOc1ccccc1/C=N\NC(=O)[C@H](C)Oc1ccc(Cl)cc1. The summed E-state index contributed by atoms with van der Waals surface area (Å²) in [5.41, 5.74) is 3.24. The van der Waals surface area contributed by atoms with Gasteiger partial charge < -0.3 is 9.47 Å². The summed E-state index contributed by atoms with van der Waals surface area (Å²) in [6.07, 6.45) is 0.850. The van der Waals surface area contributed by atoms with Crippen molar-refractivity contribution in [3.63, 3.8) is 0 Å². The number of hydrogen-bond donors (Lipinski definition) is 1. The molecule has 24 heavy (non-hydrogen) atoms. The van der Waals surface area contributed by atoms with Crippen LogP contribution in [0, 0.1) is 0 Å². The highest BCUT2D eigenvalue weighted by Crippen LogP contribution is 2.17. The number of nitrogens with one attached hydrogen (secondary N) is 1. The van der Waals surface area contributed by atoms with Gasteiger partial charge in [0.05, 0.1) is 12.8 Å². The number of hydrazone groups is 1. The Balaban J connectivity index is 1.91. The Labute approximate surface area is 146 Å². The van der Waals surface area contributed by atoms with Crippen LogP contribution in [-0.4, -0.2) is 24.8 Å². The molecule has 6 heteroatoms. The first-order valence-electron chi connectivity index (χ1n) is 7.57. The molecule has 1 atom stereocenters. The van der Waals surface area contributed by atoms with Crippen LogP contribution >= 0.6 is 11.6 Å². The standard InChI is InChI=1S/C18H19ClN2O3/c1-3-23-17-7-5-4-6-14(17)12-20-21-18(22)13(2)24-16-10-8-15(19)9-11-16/h4-13H,3H2,1-2H3,(H,21,22)/b20-12-/t13-/m0/s1. The lowest BCUT2D eigenvalue weighted by Gasteiger charge is -2.12. The smallest absolute Gasteiger partial charge is 0.280 e. The van der Waals surface area contributed by atoms with Crippen LogP contribution in [0.1, 0.15) is 19.4 Å². The van der Waals surface area contributed by atoms with Crippen molar-refractivity contribution in [2.24, 2.45) is 5.10 Å². The Hall–Kier alpha value is -2.53. The van der Waals surface area contributed by atoms with Crippen LogP contribution < -0.4 is 14.9 Å². The van der Waals surface area contributed by atoms with E-state index in [1.807, 2.05) is 31.2 Å². The lowest BCUT2D eigenvalue weighted by molar-refractivity contribution is -0.127. The van der Waals surface area contributed by atoms with Gasteiger partial charge in [-0.15, -0.1) is 0 Å². The molecule has 0 aliphatic rings. The molecule has 0 saturated heterocycles. The highest BCUT2D eigenvalue weighted by molar-refractivity contribution is 6.30. The zero-order valence-electron chi connectivity index (χ0n) is 13.5. The van der Waals surface area contributed by atoms with Gasteiger partial charge in [-0.1, -0.05) is 23.7 Å². The van der Waals surface area contributed by atoms with Crippen LogP contribution in [0.5, 0.6) is 11.5 Å². The minimum Gasteiger partial charge on any atom is -0.493 e. The molecule has 0 bridgehead atoms. The summed E-state index contributed by atoms with van der Waals surface area (Å²) >= 11 is 5.81. The Morgan fingerprint density at radius 1 is 1.25 bits per heavy atom. The Kier molecular flexibility index (Phi) is 6.63. The van der Waals surface area contributed by atoms with Crippen molar-refractivity contribution < 1.29 is 14.3 Å². The zero-order valence-corrected chi connectivity index (χ0v) is 14.3. The second-order valence-electron chi connectivity index (χ2n) is 4.92. The maximum atomic E-state index is 12.0. The van der Waals surface area contributed by atoms with Gasteiger partial charge in [0.2, 0.25) is 0 Å². The predicted octanol–water partition coefficient (Wildman–Crippen LogP) is 3.66. The fourth-order valence-electron chi connectivity index (χ4n) is 1.90.